The number of hydrogen-bond acceptors (Lipinski definition) is 4. The van der Waals surface area contributed by atoms with Gasteiger partial charge in [-0.25, -0.2) is 4.68 Å². The molecule has 1 aromatic carbocycles. The van der Waals surface area contributed by atoms with Crippen molar-refractivity contribution in [3.05, 3.63) is 47.3 Å². The lowest BCUT2D eigenvalue weighted by Gasteiger charge is -2.30. The number of esters is 1. The van der Waals surface area contributed by atoms with Gasteiger partial charge in [0.25, 0.3) is 5.91 Å². The summed E-state index contributed by atoms with van der Waals surface area (Å²) >= 11 is 0. The number of ether oxygens (including phenoxy) is 1. The number of amides is 1. The highest BCUT2D eigenvalue weighted by Gasteiger charge is 2.27. The number of aryl methyl sites for hydroxylation is 1. The van der Waals surface area contributed by atoms with E-state index in [0.29, 0.717) is 5.92 Å². The summed E-state index contributed by atoms with van der Waals surface area (Å²) in [7, 11) is 0. The van der Waals surface area contributed by atoms with E-state index >= 15 is 0 Å². The predicted molar refractivity (Wildman–Crippen MR) is 112 cm³/mol. The Morgan fingerprint density at radius 3 is 2.59 bits per heavy atom. The minimum absolute atomic E-state index is 0.0992. The maximum atomic E-state index is 12.5. The van der Waals surface area contributed by atoms with Crippen molar-refractivity contribution >= 4 is 11.9 Å². The highest BCUT2D eigenvalue weighted by Crippen LogP contribution is 2.24. The molecule has 6 heteroatoms. The van der Waals surface area contributed by atoms with Crippen molar-refractivity contribution in [2.75, 3.05) is 0 Å². The van der Waals surface area contributed by atoms with Gasteiger partial charge < -0.3 is 10.1 Å². The molecule has 0 aliphatic heterocycles. The molecule has 3 atom stereocenters. The molecule has 1 aromatic heterocycles. The third-order valence-electron chi connectivity index (χ3n) is 5.88. The molecule has 1 fully saturated rings. The second kappa shape index (κ2) is 9.25. The van der Waals surface area contributed by atoms with Crippen LogP contribution in [-0.2, 0) is 20.7 Å². The van der Waals surface area contributed by atoms with Crippen LogP contribution in [0.25, 0.3) is 5.69 Å². The zero-order valence-electron chi connectivity index (χ0n) is 17.8. The standard InChI is InChI=1S/C23H31N3O3/c1-15-10-8-9-13-21(15)24-23(28)18(4)29-22(27)14-20-16(2)25-26(17(20)3)19-11-6-5-7-12-19/h5-7,11-12,15,18,21H,8-10,13-14H2,1-4H3,(H,24,28)/t15-,18-,21+/m0/s1. The van der Waals surface area contributed by atoms with Gasteiger partial charge in [-0.3, -0.25) is 9.59 Å². The van der Waals surface area contributed by atoms with E-state index < -0.39 is 12.1 Å². The summed E-state index contributed by atoms with van der Waals surface area (Å²) in [6.07, 6.45) is 3.76. The van der Waals surface area contributed by atoms with Crippen LogP contribution in [-0.4, -0.2) is 33.8 Å². The van der Waals surface area contributed by atoms with E-state index in [1.54, 1.807) is 6.92 Å². The van der Waals surface area contributed by atoms with Crippen molar-refractivity contribution in [1.29, 1.82) is 0 Å². The molecule has 29 heavy (non-hydrogen) atoms. The maximum absolute atomic E-state index is 12.5. The number of nitrogens with one attached hydrogen (secondary N) is 1. The lowest BCUT2D eigenvalue weighted by atomic mass is 9.86. The Morgan fingerprint density at radius 2 is 1.90 bits per heavy atom. The molecule has 2 aromatic rings. The Hall–Kier alpha value is -2.63. The van der Waals surface area contributed by atoms with E-state index in [9.17, 15) is 9.59 Å². The normalized spacial score (nSPS) is 20.1. The molecule has 1 saturated carbocycles. The molecular weight excluding hydrogens is 366 g/mol. The summed E-state index contributed by atoms with van der Waals surface area (Å²) in [6, 6.07) is 9.97. The van der Waals surface area contributed by atoms with Crippen LogP contribution in [0.3, 0.4) is 0 Å². The van der Waals surface area contributed by atoms with Crippen molar-refractivity contribution in [1.82, 2.24) is 15.1 Å². The Morgan fingerprint density at radius 1 is 1.21 bits per heavy atom. The molecule has 1 N–H and O–H groups in total. The van der Waals surface area contributed by atoms with E-state index in [0.717, 1.165) is 41.9 Å². The van der Waals surface area contributed by atoms with Gasteiger partial charge in [0.1, 0.15) is 0 Å². The molecule has 156 valence electrons. The van der Waals surface area contributed by atoms with Gasteiger partial charge in [-0.15, -0.1) is 0 Å². The Kier molecular flexibility index (Phi) is 6.72. The van der Waals surface area contributed by atoms with Gasteiger partial charge in [0.2, 0.25) is 0 Å². The Bertz CT molecular complexity index is 860. The van der Waals surface area contributed by atoms with Gasteiger partial charge in [-0.05, 0) is 51.7 Å². The zero-order chi connectivity index (χ0) is 21.0. The van der Waals surface area contributed by atoms with Crippen molar-refractivity contribution in [2.45, 2.75) is 71.9 Å². The topological polar surface area (TPSA) is 73.2 Å². The van der Waals surface area contributed by atoms with Crippen molar-refractivity contribution in [3.8, 4) is 5.69 Å². The fourth-order valence-electron chi connectivity index (χ4n) is 4.02. The average molecular weight is 398 g/mol. The number of rotatable bonds is 6. The molecule has 3 rings (SSSR count). The van der Waals surface area contributed by atoms with Crippen LogP contribution in [0.2, 0.25) is 0 Å². The molecule has 0 bridgehead atoms. The van der Waals surface area contributed by atoms with Crippen LogP contribution >= 0.6 is 0 Å². The summed E-state index contributed by atoms with van der Waals surface area (Å²) in [4.78, 5) is 25.0. The van der Waals surface area contributed by atoms with Crippen LogP contribution in [0.5, 0.6) is 0 Å². The number of para-hydroxylation sites is 1. The molecule has 1 amide bonds. The molecule has 1 heterocycles. The van der Waals surface area contributed by atoms with E-state index in [1.165, 1.54) is 6.42 Å². The average Bonchev–Trinajstić information content (AvgIpc) is 2.98. The smallest absolute Gasteiger partial charge is 0.311 e. The van der Waals surface area contributed by atoms with E-state index in [1.807, 2.05) is 48.9 Å². The first kappa shape index (κ1) is 21.1. The highest BCUT2D eigenvalue weighted by atomic mass is 16.5. The van der Waals surface area contributed by atoms with Crippen molar-refractivity contribution in [3.63, 3.8) is 0 Å². The second-order valence-electron chi connectivity index (χ2n) is 8.08. The van der Waals surface area contributed by atoms with Crippen LogP contribution in [0.1, 0.15) is 56.5 Å². The third kappa shape index (κ3) is 5.05. The first-order chi connectivity index (χ1) is 13.9. The molecular formula is C23H31N3O3. The van der Waals surface area contributed by atoms with E-state index in [2.05, 4.69) is 17.3 Å². The quantitative estimate of drug-likeness (QED) is 0.755. The van der Waals surface area contributed by atoms with E-state index in [4.69, 9.17) is 4.74 Å². The molecule has 1 aliphatic rings. The van der Waals surface area contributed by atoms with Crippen LogP contribution in [0.15, 0.2) is 30.3 Å². The number of carbonyl (C=O) groups is 2. The maximum Gasteiger partial charge on any atom is 0.311 e. The fraction of sp³-hybridized carbons (Fsp3) is 0.522. The Labute approximate surface area is 172 Å². The number of hydrogen-bond donors (Lipinski definition) is 1. The summed E-state index contributed by atoms with van der Waals surface area (Å²) < 4.78 is 7.26. The summed E-state index contributed by atoms with van der Waals surface area (Å²) in [5.41, 5.74) is 3.48. The van der Waals surface area contributed by atoms with Crippen molar-refractivity contribution < 1.29 is 14.3 Å². The molecule has 0 spiro atoms. The number of nitrogens with zero attached hydrogens (tertiary/aromatic N) is 2. The highest BCUT2D eigenvalue weighted by molar-refractivity contribution is 5.84. The van der Waals surface area contributed by atoms with Gasteiger partial charge in [-0.1, -0.05) is 38.0 Å². The SMILES string of the molecule is Cc1nn(-c2ccccc2)c(C)c1CC(=O)O[C@@H](C)C(=O)N[C@@H]1CCCC[C@@H]1C. The summed E-state index contributed by atoms with van der Waals surface area (Å²) in [5.74, 6) is -0.168. The van der Waals surface area contributed by atoms with Gasteiger partial charge in [0, 0.05) is 17.3 Å². The molecule has 0 unspecified atom stereocenters. The van der Waals surface area contributed by atoms with Gasteiger partial charge in [0.05, 0.1) is 17.8 Å². The number of benzene rings is 1. The zero-order valence-corrected chi connectivity index (χ0v) is 17.8. The predicted octanol–water partition coefficient (Wildman–Crippen LogP) is 3.66. The summed E-state index contributed by atoms with van der Waals surface area (Å²) in [5, 5.41) is 7.62. The fourth-order valence-corrected chi connectivity index (χ4v) is 4.02. The molecule has 1 aliphatic carbocycles. The minimum Gasteiger partial charge on any atom is -0.452 e. The number of aromatic nitrogens is 2. The lowest BCUT2D eigenvalue weighted by Crippen LogP contribution is -2.46. The monoisotopic (exact) mass is 397 g/mol. The molecule has 0 saturated heterocycles. The van der Waals surface area contributed by atoms with Gasteiger partial charge >= 0.3 is 5.97 Å². The van der Waals surface area contributed by atoms with Crippen molar-refractivity contribution in [2.24, 2.45) is 5.92 Å². The first-order valence-corrected chi connectivity index (χ1v) is 10.5. The third-order valence-corrected chi connectivity index (χ3v) is 5.88. The van der Waals surface area contributed by atoms with Crippen LogP contribution < -0.4 is 5.32 Å². The lowest BCUT2D eigenvalue weighted by molar-refractivity contribution is -0.154. The van der Waals surface area contributed by atoms with Crippen LogP contribution in [0.4, 0.5) is 0 Å². The first-order valence-electron chi connectivity index (χ1n) is 10.5. The van der Waals surface area contributed by atoms with Gasteiger partial charge in [0.15, 0.2) is 6.10 Å². The minimum atomic E-state index is -0.804. The van der Waals surface area contributed by atoms with Gasteiger partial charge in [-0.2, -0.15) is 5.10 Å². The Balaban J connectivity index is 1.60. The van der Waals surface area contributed by atoms with E-state index in [-0.39, 0.29) is 18.4 Å². The second-order valence-corrected chi connectivity index (χ2v) is 8.08. The van der Waals surface area contributed by atoms with Crippen LogP contribution in [0, 0.1) is 19.8 Å². The largest absolute Gasteiger partial charge is 0.452 e. The summed E-state index contributed by atoms with van der Waals surface area (Å²) in [6.45, 7) is 7.62. The molecule has 0 radical (unpaired) electrons. The number of carbonyl (C=O) groups excluding carboxylic acids is 2. The molecule has 6 nitrogen and oxygen atoms in total.